The van der Waals surface area contributed by atoms with E-state index in [2.05, 4.69) is 32.9 Å². The fraction of sp³-hybridized carbons (Fsp3) is 0.893. The van der Waals surface area contributed by atoms with Gasteiger partial charge in [0.25, 0.3) is 6.48 Å². The van der Waals surface area contributed by atoms with Crippen LogP contribution in [0.25, 0.3) is 0 Å². The van der Waals surface area contributed by atoms with Crippen LogP contribution in [0.2, 0.25) is 0 Å². The summed E-state index contributed by atoms with van der Waals surface area (Å²) in [6.07, 6.45) is 15.2. The molecule has 0 amide bonds. The number of carbonyl (C=O) groups is 1. The molecule has 4 aliphatic carbocycles. The molecule has 3 saturated carbocycles. The Bertz CT molecular complexity index is 717. The van der Waals surface area contributed by atoms with Gasteiger partial charge < -0.3 is 18.9 Å². The van der Waals surface area contributed by atoms with E-state index in [4.69, 9.17) is 18.9 Å². The van der Waals surface area contributed by atoms with Gasteiger partial charge in [0.15, 0.2) is 0 Å². The van der Waals surface area contributed by atoms with Gasteiger partial charge in [-0.15, -0.1) is 0 Å². The van der Waals surface area contributed by atoms with Crippen LogP contribution in [-0.4, -0.2) is 39.9 Å². The average molecular weight is 463 g/mol. The second-order valence-corrected chi connectivity index (χ2v) is 11.8. The summed E-state index contributed by atoms with van der Waals surface area (Å²) in [5.74, 6) is 3.59. The molecule has 0 bridgehead atoms. The zero-order chi connectivity index (χ0) is 23.8. The summed E-state index contributed by atoms with van der Waals surface area (Å²) in [6.45, 7) is 6.84. The van der Waals surface area contributed by atoms with Gasteiger partial charge in [0.2, 0.25) is 0 Å². The fourth-order valence-electron chi connectivity index (χ4n) is 8.88. The summed E-state index contributed by atoms with van der Waals surface area (Å²) in [5.41, 5.74) is 0.573. The standard InChI is InChI=1S/C28H46O5/c1-18(10-13-24(29)30-4)20-11-12-21-25-22(14-16-28(20,21)3)27(2)15-8-7-9-19(27)17-23(25)33-26(31-5)32-6/h8,15,18-23,25-26H,7,9-14,16-17H2,1-6H3/t18-,19+,20-,21+,22+,23+,25+,27+,28-/m1/s1. The second kappa shape index (κ2) is 9.99. The van der Waals surface area contributed by atoms with Crippen molar-refractivity contribution in [2.75, 3.05) is 21.3 Å². The van der Waals surface area contributed by atoms with E-state index in [1.54, 1.807) is 14.2 Å². The molecule has 9 atom stereocenters. The lowest BCUT2D eigenvalue weighted by molar-refractivity contribution is -0.310. The zero-order valence-electron chi connectivity index (χ0n) is 21.7. The summed E-state index contributed by atoms with van der Waals surface area (Å²) in [4.78, 5) is 11.8. The van der Waals surface area contributed by atoms with E-state index in [0.29, 0.717) is 47.3 Å². The van der Waals surface area contributed by atoms with Crippen molar-refractivity contribution in [2.24, 2.45) is 46.3 Å². The maximum atomic E-state index is 11.8. The number of rotatable bonds is 8. The number of fused-ring (bicyclic) bond motifs is 5. The van der Waals surface area contributed by atoms with Crippen LogP contribution >= 0.6 is 0 Å². The van der Waals surface area contributed by atoms with Crippen molar-refractivity contribution in [3.05, 3.63) is 12.2 Å². The van der Waals surface area contributed by atoms with Crippen LogP contribution in [0.3, 0.4) is 0 Å². The predicted molar refractivity (Wildman–Crippen MR) is 128 cm³/mol. The molecule has 0 radical (unpaired) electrons. The number of allylic oxidation sites excluding steroid dienone is 2. The number of esters is 1. The first kappa shape index (κ1) is 25.2. The molecule has 0 spiro atoms. The molecule has 4 aliphatic rings. The lowest BCUT2D eigenvalue weighted by Crippen LogP contribution is -2.58. The lowest BCUT2D eigenvalue weighted by atomic mass is 9.45. The van der Waals surface area contributed by atoms with Crippen molar-refractivity contribution in [3.63, 3.8) is 0 Å². The third-order valence-corrected chi connectivity index (χ3v) is 10.6. The van der Waals surface area contributed by atoms with E-state index >= 15 is 0 Å². The molecule has 0 unspecified atom stereocenters. The van der Waals surface area contributed by atoms with Crippen LogP contribution in [0.15, 0.2) is 12.2 Å². The van der Waals surface area contributed by atoms with Crippen molar-refractivity contribution < 1.29 is 23.7 Å². The first-order chi connectivity index (χ1) is 15.8. The minimum Gasteiger partial charge on any atom is -0.469 e. The molecule has 5 nitrogen and oxygen atoms in total. The maximum absolute atomic E-state index is 11.8. The first-order valence-electron chi connectivity index (χ1n) is 13.2. The molecule has 33 heavy (non-hydrogen) atoms. The minimum atomic E-state index is -0.594. The highest BCUT2D eigenvalue weighted by molar-refractivity contribution is 5.69. The van der Waals surface area contributed by atoms with Gasteiger partial charge in [0, 0.05) is 20.6 Å². The van der Waals surface area contributed by atoms with Crippen LogP contribution in [-0.2, 0) is 23.7 Å². The van der Waals surface area contributed by atoms with Gasteiger partial charge in [0.1, 0.15) is 0 Å². The molecule has 3 fully saturated rings. The number of methoxy groups -OCH3 is 3. The second-order valence-electron chi connectivity index (χ2n) is 11.8. The highest BCUT2D eigenvalue weighted by Crippen LogP contribution is 2.68. The summed E-state index contributed by atoms with van der Waals surface area (Å²) in [5, 5.41) is 0. The quantitative estimate of drug-likeness (QED) is 0.253. The smallest absolute Gasteiger partial charge is 0.305 e. The highest BCUT2D eigenvalue weighted by atomic mass is 16.8. The summed E-state index contributed by atoms with van der Waals surface area (Å²) in [7, 11) is 4.83. The SMILES string of the molecule is COC(=O)CC[C@@H](C)[C@H]1CC[C@H]2[C@@H]3[C@@H](OC(OC)OC)C[C@@H]4CCC=C[C@]4(C)[C@H]3CC[C@]12C. The Morgan fingerprint density at radius 3 is 2.52 bits per heavy atom. The normalized spacial score (nSPS) is 43.0. The average Bonchev–Trinajstić information content (AvgIpc) is 3.17. The summed E-state index contributed by atoms with van der Waals surface area (Å²) >= 11 is 0. The van der Waals surface area contributed by atoms with Crippen LogP contribution in [0.4, 0.5) is 0 Å². The van der Waals surface area contributed by atoms with E-state index in [1.165, 1.54) is 45.6 Å². The first-order valence-corrected chi connectivity index (χ1v) is 13.2. The number of ether oxygens (including phenoxy) is 4. The Balaban J connectivity index is 1.60. The van der Waals surface area contributed by atoms with Gasteiger partial charge in [-0.1, -0.05) is 32.9 Å². The van der Waals surface area contributed by atoms with Crippen molar-refractivity contribution in [3.8, 4) is 0 Å². The van der Waals surface area contributed by atoms with E-state index < -0.39 is 6.48 Å². The fourth-order valence-corrected chi connectivity index (χ4v) is 8.88. The van der Waals surface area contributed by atoms with Crippen LogP contribution in [0, 0.1) is 46.3 Å². The molecule has 4 rings (SSSR count). The van der Waals surface area contributed by atoms with Crippen molar-refractivity contribution in [1.82, 2.24) is 0 Å². The molecule has 0 aliphatic heterocycles. The van der Waals surface area contributed by atoms with Gasteiger partial charge in [-0.2, -0.15) is 0 Å². The van der Waals surface area contributed by atoms with Crippen LogP contribution in [0.5, 0.6) is 0 Å². The van der Waals surface area contributed by atoms with Gasteiger partial charge in [-0.25, -0.2) is 0 Å². The molecule has 188 valence electrons. The Hall–Kier alpha value is -0.910. The Kier molecular flexibility index (Phi) is 7.62. The molecule has 0 N–H and O–H groups in total. The molecule has 0 aromatic rings. The van der Waals surface area contributed by atoms with Crippen molar-refractivity contribution in [1.29, 1.82) is 0 Å². The van der Waals surface area contributed by atoms with Gasteiger partial charge >= 0.3 is 5.97 Å². The number of carbonyl (C=O) groups excluding carboxylic acids is 1. The number of hydrogen-bond acceptors (Lipinski definition) is 5. The van der Waals surface area contributed by atoms with Crippen LogP contribution < -0.4 is 0 Å². The third kappa shape index (κ3) is 4.43. The molecule has 0 heterocycles. The predicted octanol–water partition coefficient (Wildman–Crippen LogP) is 5.97. The molecular formula is C28H46O5. The van der Waals surface area contributed by atoms with E-state index in [-0.39, 0.29) is 17.5 Å². The largest absolute Gasteiger partial charge is 0.469 e. The molecular weight excluding hydrogens is 416 g/mol. The van der Waals surface area contributed by atoms with E-state index in [9.17, 15) is 4.79 Å². The van der Waals surface area contributed by atoms with Crippen molar-refractivity contribution in [2.45, 2.75) is 91.1 Å². The summed E-state index contributed by atoms with van der Waals surface area (Å²) in [6, 6.07) is 0. The lowest BCUT2D eigenvalue weighted by Gasteiger charge is -2.61. The maximum Gasteiger partial charge on any atom is 0.305 e. The monoisotopic (exact) mass is 462 g/mol. The third-order valence-electron chi connectivity index (χ3n) is 10.6. The Morgan fingerprint density at radius 1 is 1.06 bits per heavy atom. The van der Waals surface area contributed by atoms with Crippen molar-refractivity contribution >= 4 is 5.97 Å². The molecule has 0 aromatic carbocycles. The topological polar surface area (TPSA) is 54.0 Å². The molecule has 0 saturated heterocycles. The van der Waals surface area contributed by atoms with Gasteiger partial charge in [-0.05, 0) is 97.7 Å². The minimum absolute atomic E-state index is 0.0840. The highest BCUT2D eigenvalue weighted by Gasteiger charge is 2.62. The van der Waals surface area contributed by atoms with Crippen LogP contribution in [0.1, 0.15) is 78.6 Å². The Morgan fingerprint density at radius 2 is 1.82 bits per heavy atom. The van der Waals surface area contributed by atoms with Gasteiger partial charge in [-0.3, -0.25) is 4.79 Å². The molecule has 0 aromatic heterocycles. The summed E-state index contributed by atoms with van der Waals surface area (Å²) < 4.78 is 22.5. The van der Waals surface area contributed by atoms with E-state index in [1.807, 2.05) is 0 Å². The van der Waals surface area contributed by atoms with E-state index in [0.717, 1.165) is 12.8 Å². The zero-order valence-corrected chi connectivity index (χ0v) is 21.7. The number of hydrogen-bond donors (Lipinski definition) is 0. The molecule has 5 heteroatoms. The van der Waals surface area contributed by atoms with Gasteiger partial charge in [0.05, 0.1) is 13.2 Å². The Labute approximate surface area is 200 Å².